The van der Waals surface area contributed by atoms with Gasteiger partial charge >= 0.3 is 0 Å². The zero-order chi connectivity index (χ0) is 10.3. The molecule has 0 fully saturated rings. The lowest BCUT2D eigenvalue weighted by Gasteiger charge is -2.10. The zero-order valence-electron chi connectivity index (χ0n) is 8.38. The van der Waals surface area contributed by atoms with Crippen LogP contribution in [0.3, 0.4) is 0 Å². The normalized spacial score (nSPS) is 24.6. The highest BCUT2D eigenvalue weighted by Crippen LogP contribution is 2.35. The van der Waals surface area contributed by atoms with Gasteiger partial charge in [-0.15, -0.1) is 11.3 Å². The molecule has 3 heteroatoms. The second kappa shape index (κ2) is 3.35. The molecular weight excluding hydrogens is 206 g/mol. The molecule has 1 aliphatic rings. The fraction of sp³-hybridized carbons (Fsp3) is 0.250. The summed E-state index contributed by atoms with van der Waals surface area (Å²) in [4.78, 5) is 5.49. The molecule has 15 heavy (non-hydrogen) atoms. The number of benzene rings is 1. The Morgan fingerprint density at radius 3 is 2.93 bits per heavy atom. The summed E-state index contributed by atoms with van der Waals surface area (Å²) < 4.78 is 6.81. The van der Waals surface area contributed by atoms with Gasteiger partial charge in [0, 0.05) is 9.58 Å². The van der Waals surface area contributed by atoms with Gasteiger partial charge in [0.05, 0.1) is 6.04 Å². The fourth-order valence-electron chi connectivity index (χ4n) is 1.84. The molecule has 0 aliphatic carbocycles. The monoisotopic (exact) mass is 217 g/mol. The van der Waals surface area contributed by atoms with Crippen LogP contribution in [0.25, 0.3) is 10.1 Å². The van der Waals surface area contributed by atoms with Crippen molar-refractivity contribution in [2.24, 2.45) is 4.99 Å². The lowest BCUT2D eigenvalue weighted by molar-refractivity contribution is 0.214. The van der Waals surface area contributed by atoms with Gasteiger partial charge in [-0.3, -0.25) is 4.99 Å². The number of hydrogen-bond acceptors (Lipinski definition) is 3. The van der Waals surface area contributed by atoms with Crippen molar-refractivity contribution in [1.82, 2.24) is 0 Å². The minimum absolute atomic E-state index is 0.113. The summed E-state index contributed by atoms with van der Waals surface area (Å²) in [5, 5.41) is 1.29. The summed E-state index contributed by atoms with van der Waals surface area (Å²) in [7, 11) is 0. The van der Waals surface area contributed by atoms with Gasteiger partial charge < -0.3 is 4.74 Å². The molecule has 0 spiro atoms. The molecule has 2 heterocycles. The third kappa shape index (κ3) is 1.43. The average molecular weight is 217 g/mol. The summed E-state index contributed by atoms with van der Waals surface area (Å²) in [5.74, 6) is 0. The van der Waals surface area contributed by atoms with Gasteiger partial charge in [-0.25, -0.2) is 0 Å². The Bertz CT molecular complexity index is 484. The molecular formula is C12H11NOS. The number of ether oxygens (including phenoxy) is 1. The molecule has 0 amide bonds. The zero-order valence-corrected chi connectivity index (χ0v) is 9.20. The molecule has 1 aromatic carbocycles. The van der Waals surface area contributed by atoms with Gasteiger partial charge in [0.2, 0.25) is 0 Å². The Kier molecular flexibility index (Phi) is 1.99. The van der Waals surface area contributed by atoms with Crippen LogP contribution in [0.1, 0.15) is 17.9 Å². The van der Waals surface area contributed by atoms with Crippen molar-refractivity contribution in [3.8, 4) is 0 Å². The molecule has 0 saturated heterocycles. The standard InChI is InChI=1S/C12H11NOS/c1-8-12(14-7-13-8)11-6-9-4-2-3-5-10(9)15-11/h2-8,12H,1H3/t8-,12?/m0/s1. The molecule has 76 valence electrons. The molecule has 3 rings (SSSR count). The average Bonchev–Trinajstić information content (AvgIpc) is 2.82. The molecule has 0 saturated carbocycles. The minimum Gasteiger partial charge on any atom is -0.473 e. The Morgan fingerprint density at radius 1 is 1.33 bits per heavy atom. The molecule has 2 nitrogen and oxygen atoms in total. The molecule has 1 aliphatic heterocycles. The molecule has 1 aromatic heterocycles. The number of nitrogens with zero attached hydrogens (tertiary/aromatic N) is 1. The first-order valence-electron chi connectivity index (χ1n) is 5.00. The minimum atomic E-state index is 0.113. The largest absolute Gasteiger partial charge is 0.473 e. The van der Waals surface area contributed by atoms with Crippen molar-refractivity contribution >= 4 is 27.8 Å². The van der Waals surface area contributed by atoms with Crippen LogP contribution >= 0.6 is 11.3 Å². The van der Waals surface area contributed by atoms with E-state index in [4.69, 9.17) is 4.74 Å². The van der Waals surface area contributed by atoms with Crippen molar-refractivity contribution < 1.29 is 4.74 Å². The number of aliphatic imine (C=N–C) groups is 1. The van der Waals surface area contributed by atoms with Crippen LogP contribution in [0, 0.1) is 0 Å². The lowest BCUT2D eigenvalue weighted by Crippen LogP contribution is -2.07. The predicted octanol–water partition coefficient (Wildman–Crippen LogP) is 3.39. The number of fused-ring (bicyclic) bond motifs is 1. The topological polar surface area (TPSA) is 21.6 Å². The van der Waals surface area contributed by atoms with Gasteiger partial charge in [-0.05, 0) is 24.4 Å². The van der Waals surface area contributed by atoms with Crippen molar-refractivity contribution in [1.29, 1.82) is 0 Å². The first-order valence-corrected chi connectivity index (χ1v) is 5.82. The Balaban J connectivity index is 2.05. The lowest BCUT2D eigenvalue weighted by atomic mass is 10.1. The van der Waals surface area contributed by atoms with Gasteiger partial charge in [-0.1, -0.05) is 18.2 Å². The molecule has 0 bridgehead atoms. The summed E-state index contributed by atoms with van der Waals surface area (Å²) in [6.45, 7) is 2.08. The third-order valence-corrected chi connectivity index (χ3v) is 3.84. The van der Waals surface area contributed by atoms with Crippen molar-refractivity contribution in [2.75, 3.05) is 0 Å². The van der Waals surface area contributed by atoms with E-state index in [1.54, 1.807) is 17.7 Å². The van der Waals surface area contributed by atoms with Gasteiger partial charge in [0.1, 0.15) is 0 Å². The van der Waals surface area contributed by atoms with Gasteiger partial charge in [0.15, 0.2) is 12.5 Å². The second-order valence-electron chi connectivity index (χ2n) is 3.74. The van der Waals surface area contributed by atoms with E-state index in [-0.39, 0.29) is 12.1 Å². The number of thiophene rings is 1. The molecule has 1 unspecified atom stereocenters. The fourth-order valence-corrected chi connectivity index (χ4v) is 3.04. The molecule has 0 N–H and O–H groups in total. The first kappa shape index (κ1) is 8.92. The van der Waals surface area contributed by atoms with E-state index >= 15 is 0 Å². The quantitative estimate of drug-likeness (QED) is 0.717. The summed E-state index contributed by atoms with van der Waals surface area (Å²) in [6, 6.07) is 10.8. The van der Waals surface area contributed by atoms with Gasteiger partial charge in [0.25, 0.3) is 0 Å². The highest BCUT2D eigenvalue weighted by molar-refractivity contribution is 7.19. The second-order valence-corrected chi connectivity index (χ2v) is 4.85. The van der Waals surface area contributed by atoms with Crippen LogP contribution in [0.2, 0.25) is 0 Å². The Labute approximate surface area is 92.2 Å². The number of hydrogen-bond donors (Lipinski definition) is 0. The number of rotatable bonds is 1. The van der Waals surface area contributed by atoms with Crippen LogP contribution in [-0.4, -0.2) is 12.4 Å². The molecule has 2 aromatic rings. The smallest absolute Gasteiger partial charge is 0.170 e. The van der Waals surface area contributed by atoms with E-state index in [9.17, 15) is 0 Å². The van der Waals surface area contributed by atoms with Crippen molar-refractivity contribution in [3.05, 3.63) is 35.2 Å². The summed E-state index contributed by atoms with van der Waals surface area (Å²) >= 11 is 1.79. The van der Waals surface area contributed by atoms with Crippen LogP contribution in [0.15, 0.2) is 35.3 Å². The maximum absolute atomic E-state index is 5.50. The van der Waals surface area contributed by atoms with E-state index < -0.39 is 0 Å². The van der Waals surface area contributed by atoms with Gasteiger partial charge in [-0.2, -0.15) is 0 Å². The molecule has 2 atom stereocenters. The van der Waals surface area contributed by atoms with Crippen LogP contribution in [0.5, 0.6) is 0 Å². The Hall–Kier alpha value is -1.35. The predicted molar refractivity (Wildman–Crippen MR) is 63.6 cm³/mol. The summed E-state index contributed by atoms with van der Waals surface area (Å²) in [6.07, 6.45) is 1.68. The van der Waals surface area contributed by atoms with E-state index in [2.05, 4.69) is 42.2 Å². The SMILES string of the molecule is C[C@@H]1N=COC1c1cc2ccccc2s1. The maximum atomic E-state index is 5.50. The summed E-state index contributed by atoms with van der Waals surface area (Å²) in [5.41, 5.74) is 0. The van der Waals surface area contributed by atoms with Crippen molar-refractivity contribution in [2.45, 2.75) is 19.1 Å². The van der Waals surface area contributed by atoms with E-state index in [1.165, 1.54) is 15.0 Å². The van der Waals surface area contributed by atoms with E-state index in [0.29, 0.717) is 0 Å². The van der Waals surface area contributed by atoms with Crippen molar-refractivity contribution in [3.63, 3.8) is 0 Å². The van der Waals surface area contributed by atoms with Crippen LogP contribution < -0.4 is 0 Å². The third-order valence-electron chi connectivity index (χ3n) is 2.67. The highest BCUT2D eigenvalue weighted by atomic mass is 32.1. The maximum Gasteiger partial charge on any atom is 0.170 e. The highest BCUT2D eigenvalue weighted by Gasteiger charge is 2.25. The van der Waals surface area contributed by atoms with E-state index in [0.717, 1.165) is 0 Å². The van der Waals surface area contributed by atoms with Crippen LogP contribution in [-0.2, 0) is 4.74 Å². The van der Waals surface area contributed by atoms with E-state index in [1.807, 2.05) is 0 Å². The first-order chi connectivity index (χ1) is 7.34. The Morgan fingerprint density at radius 2 is 2.20 bits per heavy atom. The van der Waals surface area contributed by atoms with Crippen LogP contribution in [0.4, 0.5) is 0 Å². The molecule has 0 radical (unpaired) electrons.